The van der Waals surface area contributed by atoms with E-state index in [9.17, 15) is 4.39 Å². The molecular formula is C22H20F2IN5O. The van der Waals surface area contributed by atoms with Crippen molar-refractivity contribution in [2.75, 3.05) is 12.4 Å². The zero-order chi connectivity index (χ0) is 22.1. The predicted octanol–water partition coefficient (Wildman–Crippen LogP) is 5.41. The summed E-state index contributed by atoms with van der Waals surface area (Å²) in [5.74, 6) is 0.473. The second kappa shape index (κ2) is 6.99. The van der Waals surface area contributed by atoms with Crippen LogP contribution in [0.3, 0.4) is 0 Å². The number of nitrogens with zero attached hydrogens (tertiary/aromatic N) is 3. The van der Waals surface area contributed by atoms with Gasteiger partial charge in [-0.2, -0.15) is 0 Å². The van der Waals surface area contributed by atoms with Crippen LogP contribution in [0.2, 0.25) is 0 Å². The Balaban J connectivity index is 1.85. The van der Waals surface area contributed by atoms with Crippen molar-refractivity contribution in [1.29, 1.82) is 0 Å². The van der Waals surface area contributed by atoms with Gasteiger partial charge in [0, 0.05) is 33.4 Å². The van der Waals surface area contributed by atoms with E-state index in [1.807, 2.05) is 25.3 Å². The third-order valence-corrected chi connectivity index (χ3v) is 6.59. The maximum absolute atomic E-state index is 15.5. The van der Waals surface area contributed by atoms with E-state index in [2.05, 4.69) is 43.1 Å². The first-order valence-corrected chi connectivity index (χ1v) is 10.8. The lowest BCUT2D eigenvalue weighted by molar-refractivity contribution is 0.176. The highest BCUT2D eigenvalue weighted by Crippen LogP contribution is 2.44. The summed E-state index contributed by atoms with van der Waals surface area (Å²) < 4.78 is 38.2. The summed E-state index contributed by atoms with van der Waals surface area (Å²) in [6, 6.07) is 4.29. The fourth-order valence-electron chi connectivity index (χ4n) is 4.41. The standard InChI is InChI=1S/C22H20F2IN5O/c1-10-18(13-6-11(23)5-12-15(25)8-26-19(12)13)14(24)7-16-20(10)30-17(9-31-4)28-29-21(30)22(2,3)27-16/h5-8,26-27H,9H2,1-4H3. The van der Waals surface area contributed by atoms with E-state index in [0.29, 0.717) is 39.5 Å². The summed E-state index contributed by atoms with van der Waals surface area (Å²) in [6.45, 7) is 6.02. The monoisotopic (exact) mass is 535 g/mol. The first-order valence-electron chi connectivity index (χ1n) is 9.74. The van der Waals surface area contributed by atoms with Crippen molar-refractivity contribution in [3.05, 3.63) is 56.8 Å². The number of fused-ring (bicyclic) bond motifs is 4. The summed E-state index contributed by atoms with van der Waals surface area (Å²) in [6.07, 6.45) is 1.79. The number of aromatic nitrogens is 4. The van der Waals surface area contributed by atoms with Gasteiger partial charge in [-0.05, 0) is 67.1 Å². The van der Waals surface area contributed by atoms with Gasteiger partial charge in [-0.25, -0.2) is 8.78 Å². The molecule has 0 atom stereocenters. The van der Waals surface area contributed by atoms with Crippen LogP contribution in [0.15, 0.2) is 24.4 Å². The Labute approximate surface area is 191 Å². The van der Waals surface area contributed by atoms with E-state index < -0.39 is 17.2 Å². The minimum absolute atomic E-state index is 0.258. The smallest absolute Gasteiger partial charge is 0.163 e. The summed E-state index contributed by atoms with van der Waals surface area (Å²) >= 11 is 2.14. The van der Waals surface area contributed by atoms with Crippen LogP contribution in [-0.4, -0.2) is 26.9 Å². The molecule has 0 saturated carbocycles. The number of methoxy groups -OCH3 is 1. The highest BCUT2D eigenvalue weighted by atomic mass is 127. The maximum Gasteiger partial charge on any atom is 0.163 e. The van der Waals surface area contributed by atoms with Gasteiger partial charge in [0.2, 0.25) is 0 Å². The molecule has 4 aromatic rings. The molecule has 6 nitrogen and oxygen atoms in total. The quantitative estimate of drug-likeness (QED) is 0.345. The normalized spacial score (nSPS) is 14.4. The van der Waals surface area contributed by atoms with Gasteiger partial charge in [-0.1, -0.05) is 0 Å². The molecule has 0 radical (unpaired) electrons. The summed E-state index contributed by atoms with van der Waals surface area (Å²) in [5.41, 5.74) is 2.97. The first kappa shape index (κ1) is 20.4. The minimum Gasteiger partial charge on any atom is -0.377 e. The Morgan fingerprint density at radius 1 is 1.19 bits per heavy atom. The van der Waals surface area contributed by atoms with Crippen LogP contribution >= 0.6 is 22.6 Å². The molecule has 0 fully saturated rings. The number of ether oxygens (including phenoxy) is 1. The lowest BCUT2D eigenvalue weighted by Crippen LogP contribution is -2.36. The molecular weight excluding hydrogens is 515 g/mol. The number of nitrogens with one attached hydrogen (secondary N) is 2. The van der Waals surface area contributed by atoms with Gasteiger partial charge in [-0.15, -0.1) is 10.2 Å². The minimum atomic E-state index is -0.561. The molecule has 3 heterocycles. The highest BCUT2D eigenvalue weighted by Gasteiger charge is 2.37. The van der Waals surface area contributed by atoms with Gasteiger partial charge < -0.3 is 15.0 Å². The van der Waals surface area contributed by atoms with Crippen molar-refractivity contribution in [3.63, 3.8) is 0 Å². The number of hydrogen-bond donors (Lipinski definition) is 2. The fourth-order valence-corrected chi connectivity index (χ4v) is 4.99. The van der Waals surface area contributed by atoms with Crippen LogP contribution in [0.5, 0.6) is 0 Å². The van der Waals surface area contributed by atoms with Gasteiger partial charge in [0.05, 0.1) is 22.4 Å². The number of benzene rings is 2. The van der Waals surface area contributed by atoms with E-state index in [4.69, 9.17) is 4.74 Å². The molecule has 0 amide bonds. The third kappa shape index (κ3) is 2.97. The van der Waals surface area contributed by atoms with Gasteiger partial charge in [0.15, 0.2) is 11.6 Å². The van der Waals surface area contributed by atoms with Crippen LogP contribution in [0.4, 0.5) is 14.5 Å². The van der Waals surface area contributed by atoms with Gasteiger partial charge in [0.25, 0.3) is 0 Å². The van der Waals surface area contributed by atoms with Crippen molar-refractivity contribution in [1.82, 2.24) is 19.7 Å². The molecule has 2 N–H and O–H groups in total. The number of anilines is 1. The van der Waals surface area contributed by atoms with E-state index in [1.165, 1.54) is 18.2 Å². The van der Waals surface area contributed by atoms with Crippen molar-refractivity contribution in [2.24, 2.45) is 0 Å². The zero-order valence-electron chi connectivity index (χ0n) is 17.4. The van der Waals surface area contributed by atoms with Gasteiger partial charge in [0.1, 0.15) is 18.2 Å². The molecule has 0 saturated heterocycles. The molecule has 0 unspecified atom stereocenters. The number of hydrogen-bond acceptors (Lipinski definition) is 4. The van der Waals surface area contributed by atoms with E-state index in [-0.39, 0.29) is 6.61 Å². The third-order valence-electron chi connectivity index (χ3n) is 5.70. The Bertz CT molecular complexity index is 1360. The van der Waals surface area contributed by atoms with Crippen LogP contribution in [0, 0.1) is 22.1 Å². The molecule has 2 aromatic heterocycles. The van der Waals surface area contributed by atoms with E-state index in [0.717, 1.165) is 14.6 Å². The van der Waals surface area contributed by atoms with Crippen molar-refractivity contribution >= 4 is 39.2 Å². The second-order valence-corrected chi connectivity index (χ2v) is 9.39. The largest absolute Gasteiger partial charge is 0.377 e. The molecule has 9 heteroatoms. The van der Waals surface area contributed by atoms with Crippen molar-refractivity contribution < 1.29 is 13.5 Å². The van der Waals surface area contributed by atoms with Crippen LogP contribution in [0.1, 0.15) is 31.1 Å². The predicted molar refractivity (Wildman–Crippen MR) is 123 cm³/mol. The molecule has 31 heavy (non-hydrogen) atoms. The second-order valence-electron chi connectivity index (χ2n) is 8.23. The molecule has 1 aliphatic rings. The van der Waals surface area contributed by atoms with Crippen LogP contribution in [0.25, 0.3) is 27.7 Å². The lowest BCUT2D eigenvalue weighted by Gasteiger charge is -2.35. The lowest BCUT2D eigenvalue weighted by atomic mass is 9.92. The van der Waals surface area contributed by atoms with Gasteiger partial charge >= 0.3 is 0 Å². The Morgan fingerprint density at radius 2 is 1.97 bits per heavy atom. The number of aromatic amines is 1. The number of rotatable bonds is 3. The average molecular weight is 535 g/mol. The van der Waals surface area contributed by atoms with Crippen molar-refractivity contribution in [2.45, 2.75) is 32.9 Å². The summed E-state index contributed by atoms with van der Waals surface area (Å²) in [7, 11) is 1.59. The Kier molecular flexibility index (Phi) is 4.60. The van der Waals surface area contributed by atoms with E-state index >= 15 is 4.39 Å². The van der Waals surface area contributed by atoms with Gasteiger partial charge in [-0.3, -0.25) is 4.57 Å². The maximum atomic E-state index is 15.5. The number of H-pyrrole nitrogens is 1. The Hall–Kier alpha value is -2.53. The van der Waals surface area contributed by atoms with E-state index in [1.54, 1.807) is 13.3 Å². The molecule has 0 spiro atoms. The molecule has 0 bridgehead atoms. The molecule has 160 valence electrons. The molecule has 1 aliphatic heterocycles. The van der Waals surface area contributed by atoms with Crippen molar-refractivity contribution in [3.8, 4) is 16.8 Å². The van der Waals surface area contributed by atoms with Crippen LogP contribution < -0.4 is 5.32 Å². The highest BCUT2D eigenvalue weighted by molar-refractivity contribution is 14.1. The first-order chi connectivity index (χ1) is 14.7. The SMILES string of the molecule is COCc1nnc2n1-c1c(cc(F)c(-c3cc(F)cc4c(I)c[nH]c34)c1C)NC2(C)C. The topological polar surface area (TPSA) is 67.8 Å². The Morgan fingerprint density at radius 3 is 2.71 bits per heavy atom. The summed E-state index contributed by atoms with van der Waals surface area (Å²) in [4.78, 5) is 3.17. The zero-order valence-corrected chi connectivity index (χ0v) is 19.6. The molecule has 5 rings (SSSR count). The summed E-state index contributed by atoms with van der Waals surface area (Å²) in [5, 5.41) is 12.8. The average Bonchev–Trinajstić information content (AvgIpc) is 3.26. The number of halogens is 3. The fraction of sp³-hybridized carbons (Fsp3) is 0.273. The molecule has 2 aromatic carbocycles. The molecule has 0 aliphatic carbocycles. The van der Waals surface area contributed by atoms with Crippen LogP contribution in [-0.2, 0) is 16.9 Å².